The van der Waals surface area contributed by atoms with Crippen LogP contribution < -0.4 is 5.32 Å². The SMILES string of the molecule is Cc1cc(-c2nnc(CNC3CC3)o2)ccc1F. The van der Waals surface area contributed by atoms with Crippen LogP contribution in [0.2, 0.25) is 0 Å². The van der Waals surface area contributed by atoms with Gasteiger partial charge in [0, 0.05) is 11.6 Å². The number of hydrogen-bond donors (Lipinski definition) is 1. The summed E-state index contributed by atoms with van der Waals surface area (Å²) >= 11 is 0. The summed E-state index contributed by atoms with van der Waals surface area (Å²) in [7, 11) is 0. The highest BCUT2D eigenvalue weighted by molar-refractivity contribution is 5.53. The van der Waals surface area contributed by atoms with E-state index < -0.39 is 0 Å². The molecule has 3 rings (SSSR count). The number of nitrogens with one attached hydrogen (secondary N) is 1. The maximum Gasteiger partial charge on any atom is 0.247 e. The lowest BCUT2D eigenvalue weighted by molar-refractivity contribution is 0.476. The first-order valence-corrected chi connectivity index (χ1v) is 6.04. The predicted octanol–water partition coefficient (Wildman–Crippen LogP) is 2.44. The minimum absolute atomic E-state index is 0.228. The second-order valence-electron chi connectivity index (χ2n) is 4.62. The molecule has 0 aliphatic heterocycles. The lowest BCUT2D eigenvalue weighted by Gasteiger charge is -1.99. The van der Waals surface area contributed by atoms with E-state index in [0.29, 0.717) is 29.9 Å². The van der Waals surface area contributed by atoms with Crippen molar-refractivity contribution in [2.45, 2.75) is 32.4 Å². The Morgan fingerprint density at radius 2 is 2.22 bits per heavy atom. The topological polar surface area (TPSA) is 51.0 Å². The van der Waals surface area contributed by atoms with Gasteiger partial charge >= 0.3 is 0 Å². The lowest BCUT2D eigenvalue weighted by Crippen LogP contribution is -2.15. The van der Waals surface area contributed by atoms with Crippen molar-refractivity contribution in [3.8, 4) is 11.5 Å². The van der Waals surface area contributed by atoms with Crippen LogP contribution in [0.5, 0.6) is 0 Å². The van der Waals surface area contributed by atoms with Crippen LogP contribution in [0.4, 0.5) is 4.39 Å². The summed E-state index contributed by atoms with van der Waals surface area (Å²) < 4.78 is 18.7. The van der Waals surface area contributed by atoms with Gasteiger partial charge in [-0.25, -0.2) is 4.39 Å². The minimum Gasteiger partial charge on any atom is -0.419 e. The molecule has 0 spiro atoms. The van der Waals surface area contributed by atoms with E-state index in [4.69, 9.17) is 4.42 Å². The van der Waals surface area contributed by atoms with E-state index in [1.807, 2.05) is 0 Å². The molecule has 0 radical (unpaired) electrons. The van der Waals surface area contributed by atoms with E-state index in [1.165, 1.54) is 18.9 Å². The van der Waals surface area contributed by atoms with Crippen molar-refractivity contribution in [3.63, 3.8) is 0 Å². The Balaban J connectivity index is 1.76. The summed E-state index contributed by atoms with van der Waals surface area (Å²) in [5.74, 6) is 0.776. The standard InChI is InChI=1S/C13H14FN3O/c1-8-6-9(2-5-11(8)14)13-17-16-12(18-13)7-15-10-3-4-10/h2,5-6,10,15H,3-4,7H2,1H3. The first-order chi connectivity index (χ1) is 8.72. The van der Waals surface area contributed by atoms with Crippen LogP contribution in [0, 0.1) is 12.7 Å². The van der Waals surface area contributed by atoms with Crippen LogP contribution in [0.3, 0.4) is 0 Å². The summed E-state index contributed by atoms with van der Waals surface area (Å²) in [5.41, 5.74) is 1.32. The van der Waals surface area contributed by atoms with Gasteiger partial charge in [-0.2, -0.15) is 0 Å². The van der Waals surface area contributed by atoms with Gasteiger partial charge in [-0.15, -0.1) is 10.2 Å². The number of hydrogen-bond acceptors (Lipinski definition) is 4. The highest BCUT2D eigenvalue weighted by Crippen LogP contribution is 2.22. The molecular weight excluding hydrogens is 233 g/mol. The molecule has 0 bridgehead atoms. The van der Waals surface area contributed by atoms with Gasteiger partial charge in [0.25, 0.3) is 0 Å². The van der Waals surface area contributed by atoms with E-state index in [9.17, 15) is 4.39 Å². The fourth-order valence-electron chi connectivity index (χ4n) is 1.74. The zero-order chi connectivity index (χ0) is 12.5. The van der Waals surface area contributed by atoms with Crippen LogP contribution in [0.15, 0.2) is 22.6 Å². The normalized spacial score (nSPS) is 15.0. The molecule has 1 aromatic heterocycles. The van der Waals surface area contributed by atoms with Crippen LogP contribution in [0.25, 0.3) is 11.5 Å². The molecule has 1 N–H and O–H groups in total. The molecule has 1 aliphatic carbocycles. The molecule has 94 valence electrons. The monoisotopic (exact) mass is 247 g/mol. The average molecular weight is 247 g/mol. The highest BCUT2D eigenvalue weighted by atomic mass is 19.1. The molecule has 2 aromatic rings. The average Bonchev–Trinajstić information content (AvgIpc) is 3.08. The van der Waals surface area contributed by atoms with Crippen molar-refractivity contribution < 1.29 is 8.81 Å². The van der Waals surface area contributed by atoms with Gasteiger partial charge in [0.15, 0.2) is 0 Å². The van der Waals surface area contributed by atoms with Crippen molar-refractivity contribution in [2.75, 3.05) is 0 Å². The van der Waals surface area contributed by atoms with Gasteiger partial charge < -0.3 is 9.73 Å². The van der Waals surface area contributed by atoms with Crippen molar-refractivity contribution in [3.05, 3.63) is 35.5 Å². The Kier molecular flexibility index (Phi) is 2.83. The third-order valence-electron chi connectivity index (χ3n) is 2.99. The minimum atomic E-state index is -0.228. The quantitative estimate of drug-likeness (QED) is 0.901. The van der Waals surface area contributed by atoms with Crippen LogP contribution in [-0.4, -0.2) is 16.2 Å². The Morgan fingerprint density at radius 1 is 1.39 bits per heavy atom. The maximum atomic E-state index is 13.2. The fourth-order valence-corrected chi connectivity index (χ4v) is 1.74. The zero-order valence-electron chi connectivity index (χ0n) is 10.1. The molecule has 1 heterocycles. The van der Waals surface area contributed by atoms with Crippen LogP contribution in [0.1, 0.15) is 24.3 Å². The number of halogens is 1. The molecular formula is C13H14FN3O. The van der Waals surface area contributed by atoms with Gasteiger partial charge in [0.2, 0.25) is 11.8 Å². The molecule has 1 saturated carbocycles. The van der Waals surface area contributed by atoms with E-state index >= 15 is 0 Å². The van der Waals surface area contributed by atoms with E-state index in [-0.39, 0.29) is 5.82 Å². The molecule has 18 heavy (non-hydrogen) atoms. The lowest BCUT2D eigenvalue weighted by atomic mass is 10.1. The summed E-state index contributed by atoms with van der Waals surface area (Å²) in [4.78, 5) is 0. The number of aryl methyl sites for hydroxylation is 1. The van der Waals surface area contributed by atoms with Gasteiger partial charge in [0.05, 0.1) is 6.54 Å². The van der Waals surface area contributed by atoms with Gasteiger partial charge in [-0.1, -0.05) is 0 Å². The predicted molar refractivity (Wildman–Crippen MR) is 64.3 cm³/mol. The van der Waals surface area contributed by atoms with Crippen LogP contribution >= 0.6 is 0 Å². The third kappa shape index (κ3) is 2.41. The Hall–Kier alpha value is -1.75. The second kappa shape index (κ2) is 4.49. The fraction of sp³-hybridized carbons (Fsp3) is 0.385. The third-order valence-corrected chi connectivity index (χ3v) is 2.99. The molecule has 5 heteroatoms. The summed E-state index contributed by atoms with van der Waals surface area (Å²) in [6.45, 7) is 2.31. The number of rotatable bonds is 4. The van der Waals surface area contributed by atoms with E-state index in [0.717, 1.165) is 5.56 Å². The maximum absolute atomic E-state index is 13.2. The molecule has 1 fully saturated rings. The van der Waals surface area contributed by atoms with Crippen LogP contribution in [-0.2, 0) is 6.54 Å². The number of nitrogens with zero attached hydrogens (tertiary/aromatic N) is 2. The molecule has 0 atom stereocenters. The Bertz CT molecular complexity index is 563. The smallest absolute Gasteiger partial charge is 0.247 e. The Labute approximate surface area is 104 Å². The number of benzene rings is 1. The summed E-state index contributed by atoms with van der Waals surface area (Å²) in [5, 5.41) is 11.2. The number of aromatic nitrogens is 2. The molecule has 1 aliphatic rings. The van der Waals surface area contributed by atoms with Crippen molar-refractivity contribution in [1.82, 2.24) is 15.5 Å². The second-order valence-corrected chi connectivity index (χ2v) is 4.62. The van der Waals surface area contributed by atoms with Crippen molar-refractivity contribution in [2.24, 2.45) is 0 Å². The molecule has 1 aromatic carbocycles. The Morgan fingerprint density at radius 3 is 2.94 bits per heavy atom. The largest absolute Gasteiger partial charge is 0.419 e. The molecule has 0 unspecified atom stereocenters. The molecule has 4 nitrogen and oxygen atoms in total. The summed E-state index contributed by atoms with van der Waals surface area (Å²) in [6, 6.07) is 5.37. The van der Waals surface area contributed by atoms with Crippen molar-refractivity contribution >= 4 is 0 Å². The van der Waals surface area contributed by atoms with E-state index in [1.54, 1.807) is 19.1 Å². The summed E-state index contributed by atoms with van der Waals surface area (Å²) in [6.07, 6.45) is 2.44. The van der Waals surface area contributed by atoms with Gasteiger partial charge in [0.1, 0.15) is 5.82 Å². The van der Waals surface area contributed by atoms with Gasteiger partial charge in [-0.05, 0) is 43.5 Å². The zero-order valence-corrected chi connectivity index (χ0v) is 10.1. The molecule has 0 saturated heterocycles. The first-order valence-electron chi connectivity index (χ1n) is 6.04. The van der Waals surface area contributed by atoms with Gasteiger partial charge in [-0.3, -0.25) is 0 Å². The highest BCUT2D eigenvalue weighted by Gasteiger charge is 2.21. The first kappa shape index (κ1) is 11.3. The molecule has 0 amide bonds. The van der Waals surface area contributed by atoms with E-state index in [2.05, 4.69) is 15.5 Å². The van der Waals surface area contributed by atoms with Crippen molar-refractivity contribution in [1.29, 1.82) is 0 Å².